The van der Waals surface area contributed by atoms with Crippen molar-refractivity contribution in [1.82, 2.24) is 25.1 Å². The number of hydrogen-bond donors (Lipinski definition) is 2. The minimum absolute atomic E-state index is 0.0208. The van der Waals surface area contributed by atoms with Crippen LogP contribution in [0.2, 0.25) is 0 Å². The van der Waals surface area contributed by atoms with Gasteiger partial charge in [0.25, 0.3) is 5.91 Å². The quantitative estimate of drug-likeness (QED) is 0.818. The molecule has 3 N–H and O–H groups in total. The van der Waals surface area contributed by atoms with Gasteiger partial charge in [-0.25, -0.2) is 14.6 Å². The van der Waals surface area contributed by atoms with Crippen molar-refractivity contribution >= 4 is 5.91 Å². The molecule has 7 heteroatoms. The molecule has 1 atom stereocenters. The number of carbonyl (C=O) groups is 1. The van der Waals surface area contributed by atoms with Crippen LogP contribution >= 0.6 is 0 Å². The summed E-state index contributed by atoms with van der Waals surface area (Å²) < 4.78 is 1.53. The Morgan fingerprint density at radius 2 is 2.24 bits per heavy atom. The Kier molecular flexibility index (Phi) is 4.99. The third-order valence-corrected chi connectivity index (χ3v) is 3.04. The summed E-state index contributed by atoms with van der Waals surface area (Å²) in [6, 6.07) is 3.42. The van der Waals surface area contributed by atoms with Gasteiger partial charge in [-0.1, -0.05) is 13.8 Å². The first-order valence-electron chi connectivity index (χ1n) is 6.92. The van der Waals surface area contributed by atoms with Crippen molar-refractivity contribution in [3.63, 3.8) is 0 Å². The van der Waals surface area contributed by atoms with E-state index in [1.54, 1.807) is 18.5 Å². The van der Waals surface area contributed by atoms with E-state index in [0.717, 1.165) is 6.42 Å². The number of nitrogens with zero attached hydrogens (tertiary/aromatic N) is 4. The molecule has 0 aliphatic heterocycles. The molecule has 2 heterocycles. The Balaban J connectivity index is 2.02. The van der Waals surface area contributed by atoms with E-state index in [4.69, 9.17) is 5.73 Å². The summed E-state index contributed by atoms with van der Waals surface area (Å²) in [5.74, 6) is 0.928. The maximum atomic E-state index is 12.2. The first kappa shape index (κ1) is 15.1. The van der Waals surface area contributed by atoms with E-state index in [9.17, 15) is 4.79 Å². The second kappa shape index (κ2) is 6.94. The number of carbonyl (C=O) groups excluding carboxylic acids is 1. The molecule has 1 unspecified atom stereocenters. The lowest BCUT2D eigenvalue weighted by molar-refractivity contribution is 0.0933. The maximum absolute atomic E-state index is 12.2. The molecule has 0 bridgehead atoms. The summed E-state index contributed by atoms with van der Waals surface area (Å²) in [6.45, 7) is 4.63. The van der Waals surface area contributed by atoms with Crippen LogP contribution in [-0.4, -0.2) is 38.2 Å². The third-order valence-electron chi connectivity index (χ3n) is 3.04. The molecule has 0 spiro atoms. The lowest BCUT2D eigenvalue weighted by atomic mass is 10.0. The third kappa shape index (κ3) is 4.09. The zero-order chi connectivity index (χ0) is 15.2. The van der Waals surface area contributed by atoms with E-state index < -0.39 is 0 Å². The smallest absolute Gasteiger partial charge is 0.253 e. The lowest BCUT2D eigenvalue weighted by Crippen LogP contribution is -2.41. The average molecular weight is 288 g/mol. The molecule has 0 radical (unpaired) electrons. The average Bonchev–Trinajstić information content (AvgIpc) is 3.00. The summed E-state index contributed by atoms with van der Waals surface area (Å²) in [7, 11) is 0. The van der Waals surface area contributed by atoms with Gasteiger partial charge >= 0.3 is 0 Å². The molecule has 2 aromatic heterocycles. The van der Waals surface area contributed by atoms with Gasteiger partial charge in [0.15, 0.2) is 5.82 Å². The fourth-order valence-corrected chi connectivity index (χ4v) is 2.03. The van der Waals surface area contributed by atoms with Gasteiger partial charge in [-0.05, 0) is 24.5 Å². The topological polar surface area (TPSA) is 98.7 Å². The summed E-state index contributed by atoms with van der Waals surface area (Å²) in [5, 5.41) is 6.91. The van der Waals surface area contributed by atoms with Crippen molar-refractivity contribution in [2.45, 2.75) is 26.3 Å². The van der Waals surface area contributed by atoms with Crippen LogP contribution in [0.15, 0.2) is 31.0 Å². The predicted molar refractivity (Wildman–Crippen MR) is 78.9 cm³/mol. The van der Waals surface area contributed by atoms with Crippen molar-refractivity contribution < 1.29 is 4.79 Å². The monoisotopic (exact) mass is 288 g/mol. The molecule has 112 valence electrons. The number of nitrogens with two attached hydrogens (primary N) is 1. The second-order valence-electron chi connectivity index (χ2n) is 5.28. The molecule has 1 amide bonds. The Bertz CT molecular complexity index is 564. The number of hydrogen-bond acceptors (Lipinski definition) is 5. The van der Waals surface area contributed by atoms with E-state index in [1.165, 1.54) is 17.2 Å². The van der Waals surface area contributed by atoms with Crippen molar-refractivity contribution in [3.8, 4) is 5.82 Å². The Morgan fingerprint density at radius 3 is 2.76 bits per heavy atom. The van der Waals surface area contributed by atoms with Gasteiger partial charge in [0.1, 0.15) is 12.7 Å². The molecule has 7 nitrogen and oxygen atoms in total. The molecule has 0 aromatic carbocycles. The number of rotatable bonds is 6. The normalized spacial score (nSPS) is 12.4. The van der Waals surface area contributed by atoms with Gasteiger partial charge in [0.2, 0.25) is 0 Å². The predicted octanol–water partition coefficient (Wildman–Crippen LogP) is 0.765. The molecule has 2 aromatic rings. The first-order chi connectivity index (χ1) is 10.1. The molecule has 0 saturated heterocycles. The molecular formula is C14H20N6O. The minimum Gasteiger partial charge on any atom is -0.348 e. The van der Waals surface area contributed by atoms with E-state index in [-0.39, 0.29) is 11.9 Å². The van der Waals surface area contributed by atoms with Gasteiger partial charge in [-0.15, -0.1) is 0 Å². The number of pyridine rings is 1. The highest BCUT2D eigenvalue weighted by Crippen LogP contribution is 2.07. The first-order valence-corrected chi connectivity index (χ1v) is 6.92. The van der Waals surface area contributed by atoms with Crippen LogP contribution in [-0.2, 0) is 0 Å². The van der Waals surface area contributed by atoms with Gasteiger partial charge in [-0.3, -0.25) is 4.79 Å². The van der Waals surface area contributed by atoms with Crippen LogP contribution < -0.4 is 11.1 Å². The molecule has 0 aliphatic rings. The molecular weight excluding hydrogens is 268 g/mol. The van der Waals surface area contributed by atoms with Gasteiger partial charge in [0, 0.05) is 18.8 Å². The highest BCUT2D eigenvalue weighted by molar-refractivity contribution is 5.94. The number of amides is 1. The summed E-state index contributed by atoms with van der Waals surface area (Å²) in [5.41, 5.74) is 6.19. The van der Waals surface area contributed by atoms with Crippen LogP contribution in [0.5, 0.6) is 0 Å². The standard InChI is InChI=1S/C14H20N6O/c1-10(2)5-12(6-15)19-14(21)11-3-4-13(17-7-11)20-9-16-8-18-20/h3-4,7-10,12H,5-6,15H2,1-2H3,(H,19,21). The van der Waals surface area contributed by atoms with Gasteiger partial charge in [0.05, 0.1) is 5.56 Å². The molecule has 0 aliphatic carbocycles. The molecule has 0 fully saturated rings. The number of nitrogens with one attached hydrogen (secondary N) is 1. The SMILES string of the molecule is CC(C)CC(CN)NC(=O)c1ccc(-n2cncn2)nc1. The van der Waals surface area contributed by atoms with Gasteiger partial charge in [-0.2, -0.15) is 5.10 Å². The van der Waals surface area contributed by atoms with E-state index in [0.29, 0.717) is 23.8 Å². The zero-order valence-corrected chi connectivity index (χ0v) is 12.2. The van der Waals surface area contributed by atoms with E-state index >= 15 is 0 Å². The molecule has 21 heavy (non-hydrogen) atoms. The van der Waals surface area contributed by atoms with Crippen molar-refractivity contribution in [1.29, 1.82) is 0 Å². The minimum atomic E-state index is -0.163. The van der Waals surface area contributed by atoms with Crippen LogP contribution in [0, 0.1) is 5.92 Å². The van der Waals surface area contributed by atoms with Gasteiger partial charge < -0.3 is 11.1 Å². The van der Waals surface area contributed by atoms with Crippen LogP contribution in [0.4, 0.5) is 0 Å². The van der Waals surface area contributed by atoms with Crippen LogP contribution in [0.25, 0.3) is 5.82 Å². The Morgan fingerprint density at radius 1 is 1.43 bits per heavy atom. The van der Waals surface area contributed by atoms with E-state index in [2.05, 4.69) is 34.2 Å². The summed E-state index contributed by atoms with van der Waals surface area (Å²) in [4.78, 5) is 20.2. The van der Waals surface area contributed by atoms with Crippen molar-refractivity contribution in [2.75, 3.05) is 6.54 Å². The van der Waals surface area contributed by atoms with E-state index in [1.807, 2.05) is 0 Å². The summed E-state index contributed by atoms with van der Waals surface area (Å²) >= 11 is 0. The Hall–Kier alpha value is -2.28. The van der Waals surface area contributed by atoms with Crippen molar-refractivity contribution in [3.05, 3.63) is 36.5 Å². The highest BCUT2D eigenvalue weighted by Gasteiger charge is 2.14. The van der Waals surface area contributed by atoms with Crippen LogP contribution in [0.1, 0.15) is 30.6 Å². The highest BCUT2D eigenvalue weighted by atomic mass is 16.1. The largest absolute Gasteiger partial charge is 0.348 e. The lowest BCUT2D eigenvalue weighted by Gasteiger charge is -2.18. The number of aromatic nitrogens is 4. The second-order valence-corrected chi connectivity index (χ2v) is 5.28. The molecule has 2 rings (SSSR count). The van der Waals surface area contributed by atoms with Crippen LogP contribution in [0.3, 0.4) is 0 Å². The zero-order valence-electron chi connectivity index (χ0n) is 12.2. The fourth-order valence-electron chi connectivity index (χ4n) is 2.03. The fraction of sp³-hybridized carbons (Fsp3) is 0.429. The van der Waals surface area contributed by atoms with Crippen molar-refractivity contribution in [2.24, 2.45) is 11.7 Å². The summed E-state index contributed by atoms with van der Waals surface area (Å²) in [6.07, 6.45) is 5.36. The Labute approximate surface area is 123 Å². The molecule has 0 saturated carbocycles. The maximum Gasteiger partial charge on any atom is 0.253 e.